The number of hydrogen-bond acceptors (Lipinski definition) is 3. The molecule has 0 fully saturated rings. The van der Waals surface area contributed by atoms with Crippen LogP contribution >= 0.6 is 11.6 Å². The highest BCUT2D eigenvalue weighted by molar-refractivity contribution is 6.31. The van der Waals surface area contributed by atoms with Crippen LogP contribution in [0.5, 0.6) is 0 Å². The first-order valence-corrected chi connectivity index (χ1v) is 7.04. The topological polar surface area (TPSA) is 78.9 Å². The minimum atomic E-state index is -1.26. The number of hydrogen-bond donors (Lipinski definition) is 1. The lowest BCUT2D eigenvalue weighted by molar-refractivity contribution is -0.132. The molecule has 2 heterocycles. The van der Waals surface area contributed by atoms with Gasteiger partial charge in [-0.1, -0.05) is 17.7 Å². The lowest BCUT2D eigenvalue weighted by Gasteiger charge is -2.04. The van der Waals surface area contributed by atoms with Crippen LogP contribution in [0.15, 0.2) is 54.5 Å². The van der Waals surface area contributed by atoms with Gasteiger partial charge >= 0.3 is 5.97 Å². The van der Waals surface area contributed by atoms with Crippen molar-refractivity contribution in [3.63, 3.8) is 0 Å². The maximum atomic E-state index is 11.1. The summed E-state index contributed by atoms with van der Waals surface area (Å²) in [6, 6.07) is 10.7. The monoisotopic (exact) mass is 323 g/mol. The van der Waals surface area contributed by atoms with Gasteiger partial charge in [-0.15, -0.1) is 0 Å². The Labute approximate surface area is 136 Å². The van der Waals surface area contributed by atoms with Crippen molar-refractivity contribution in [1.82, 2.24) is 9.55 Å². The molecule has 112 valence electrons. The number of nitriles is 1. The molecule has 2 aromatic heterocycles. The largest absolute Gasteiger partial charge is 0.477 e. The van der Waals surface area contributed by atoms with Crippen molar-refractivity contribution in [3.8, 4) is 11.8 Å². The number of halogens is 1. The van der Waals surface area contributed by atoms with Crippen LogP contribution < -0.4 is 0 Å². The van der Waals surface area contributed by atoms with Crippen LogP contribution in [0.4, 0.5) is 0 Å². The average Bonchev–Trinajstić information content (AvgIpc) is 2.90. The predicted octanol–water partition coefficient (Wildman–Crippen LogP) is 3.67. The van der Waals surface area contributed by atoms with E-state index in [2.05, 4.69) is 4.98 Å². The normalized spacial score (nSPS) is 11.4. The van der Waals surface area contributed by atoms with Crippen molar-refractivity contribution in [2.45, 2.75) is 0 Å². The molecule has 0 unspecified atom stereocenters. The number of rotatable bonds is 3. The zero-order valence-electron chi connectivity index (χ0n) is 11.8. The molecule has 0 saturated carbocycles. The van der Waals surface area contributed by atoms with Gasteiger partial charge in [-0.3, -0.25) is 4.98 Å². The van der Waals surface area contributed by atoms with Crippen LogP contribution in [0, 0.1) is 11.3 Å². The standard InChI is InChI=1S/C17H10ClN3O2/c18-13-1-2-15-12(7-11(9-19)17(22)23)10-21(16(15)8-13)14-3-5-20-6-4-14/h1-8,10H,(H,22,23)/b11-7+. The second-order valence-electron chi connectivity index (χ2n) is 4.80. The van der Waals surface area contributed by atoms with E-state index in [-0.39, 0.29) is 5.57 Å². The zero-order valence-corrected chi connectivity index (χ0v) is 12.5. The zero-order chi connectivity index (χ0) is 16.4. The first-order chi connectivity index (χ1) is 11.1. The van der Waals surface area contributed by atoms with Crippen LogP contribution in [0.25, 0.3) is 22.7 Å². The average molecular weight is 324 g/mol. The van der Waals surface area contributed by atoms with Gasteiger partial charge in [0.2, 0.25) is 0 Å². The Balaban J connectivity index is 2.29. The van der Waals surface area contributed by atoms with Crippen LogP contribution in [0.1, 0.15) is 5.56 Å². The number of benzene rings is 1. The molecule has 1 N–H and O–H groups in total. The van der Waals surface area contributed by atoms with E-state index in [9.17, 15) is 4.79 Å². The summed E-state index contributed by atoms with van der Waals surface area (Å²) in [4.78, 5) is 15.1. The molecular formula is C17H10ClN3O2. The SMILES string of the molecule is N#C/C(=C\c1cn(-c2ccncc2)c2cc(Cl)ccc12)C(=O)O. The molecule has 0 amide bonds. The molecule has 0 aliphatic heterocycles. The third-order valence-electron chi connectivity index (χ3n) is 3.39. The van der Waals surface area contributed by atoms with E-state index < -0.39 is 5.97 Å². The van der Waals surface area contributed by atoms with Gasteiger partial charge in [0.25, 0.3) is 0 Å². The van der Waals surface area contributed by atoms with E-state index in [1.54, 1.807) is 42.9 Å². The fourth-order valence-corrected chi connectivity index (χ4v) is 2.52. The van der Waals surface area contributed by atoms with Crippen molar-refractivity contribution < 1.29 is 9.90 Å². The number of carbonyl (C=O) groups is 1. The molecule has 0 spiro atoms. The quantitative estimate of drug-likeness (QED) is 0.589. The lowest BCUT2D eigenvalue weighted by Crippen LogP contribution is -1.97. The minimum Gasteiger partial charge on any atom is -0.477 e. The molecule has 1 aromatic carbocycles. The minimum absolute atomic E-state index is 0.325. The van der Waals surface area contributed by atoms with Crippen LogP contribution in [0.2, 0.25) is 5.02 Å². The second-order valence-corrected chi connectivity index (χ2v) is 5.23. The highest BCUT2D eigenvalue weighted by Crippen LogP contribution is 2.29. The van der Waals surface area contributed by atoms with Gasteiger partial charge < -0.3 is 9.67 Å². The van der Waals surface area contributed by atoms with Gasteiger partial charge in [0, 0.05) is 40.3 Å². The Kier molecular flexibility index (Phi) is 3.83. The Morgan fingerprint density at radius 1 is 1.30 bits per heavy atom. The molecule has 0 bridgehead atoms. The summed E-state index contributed by atoms with van der Waals surface area (Å²) in [6.45, 7) is 0. The number of carboxylic acid groups (broad SMARTS) is 1. The molecule has 0 aliphatic carbocycles. The maximum absolute atomic E-state index is 11.1. The Morgan fingerprint density at radius 3 is 2.70 bits per heavy atom. The molecule has 3 aromatic rings. The van der Waals surface area contributed by atoms with Crippen LogP contribution in [-0.2, 0) is 4.79 Å². The summed E-state index contributed by atoms with van der Waals surface area (Å²) >= 11 is 6.08. The summed E-state index contributed by atoms with van der Waals surface area (Å²) in [5, 5.41) is 19.4. The van der Waals surface area contributed by atoms with Gasteiger partial charge in [-0.05, 0) is 30.3 Å². The highest BCUT2D eigenvalue weighted by atomic mass is 35.5. The Hall–Kier alpha value is -3.10. The summed E-state index contributed by atoms with van der Waals surface area (Å²) in [7, 11) is 0. The number of fused-ring (bicyclic) bond motifs is 1. The number of nitrogens with zero attached hydrogens (tertiary/aromatic N) is 3. The van der Waals surface area contributed by atoms with Crippen molar-refractivity contribution in [3.05, 3.63) is 65.1 Å². The predicted molar refractivity (Wildman–Crippen MR) is 87.3 cm³/mol. The summed E-state index contributed by atoms with van der Waals surface area (Å²) < 4.78 is 1.88. The number of pyridine rings is 1. The molecule has 6 heteroatoms. The Bertz CT molecular complexity index is 969. The van der Waals surface area contributed by atoms with Crippen LogP contribution in [0.3, 0.4) is 0 Å². The number of aliphatic carboxylic acids is 1. The van der Waals surface area contributed by atoms with Crippen molar-refractivity contribution in [2.24, 2.45) is 0 Å². The van der Waals surface area contributed by atoms with E-state index in [4.69, 9.17) is 22.0 Å². The van der Waals surface area contributed by atoms with Crippen LogP contribution in [-0.4, -0.2) is 20.6 Å². The molecule has 5 nitrogen and oxygen atoms in total. The van der Waals surface area contributed by atoms with E-state index in [1.165, 1.54) is 6.08 Å². The molecule has 0 atom stereocenters. The van der Waals surface area contributed by atoms with Gasteiger partial charge in [0.1, 0.15) is 11.6 Å². The maximum Gasteiger partial charge on any atom is 0.346 e. The molecule has 3 rings (SSSR count). The Morgan fingerprint density at radius 2 is 2.04 bits per heavy atom. The molecule has 0 saturated heterocycles. The first kappa shape index (κ1) is 14.8. The molecule has 0 radical (unpaired) electrons. The van der Waals surface area contributed by atoms with Crippen molar-refractivity contribution >= 4 is 34.5 Å². The van der Waals surface area contributed by atoms with Crippen molar-refractivity contribution in [2.75, 3.05) is 0 Å². The van der Waals surface area contributed by atoms with Crippen molar-refractivity contribution in [1.29, 1.82) is 5.26 Å². The lowest BCUT2D eigenvalue weighted by atomic mass is 10.1. The van der Waals surface area contributed by atoms with Gasteiger partial charge in [0.05, 0.1) is 5.52 Å². The van der Waals surface area contributed by atoms with E-state index in [1.807, 2.05) is 16.7 Å². The summed E-state index contributed by atoms with van der Waals surface area (Å²) in [5.41, 5.74) is 1.99. The molecule has 0 aliphatic rings. The highest BCUT2D eigenvalue weighted by Gasteiger charge is 2.12. The van der Waals surface area contributed by atoms with Gasteiger partial charge in [-0.25, -0.2) is 4.79 Å². The smallest absolute Gasteiger partial charge is 0.346 e. The van der Waals surface area contributed by atoms with Gasteiger partial charge in [-0.2, -0.15) is 5.26 Å². The summed E-state index contributed by atoms with van der Waals surface area (Å²) in [6.07, 6.45) is 6.46. The molecule has 23 heavy (non-hydrogen) atoms. The van der Waals surface area contributed by atoms with E-state index in [0.29, 0.717) is 10.6 Å². The second kappa shape index (κ2) is 5.95. The fourth-order valence-electron chi connectivity index (χ4n) is 2.36. The summed E-state index contributed by atoms with van der Waals surface area (Å²) in [5.74, 6) is -1.26. The third kappa shape index (κ3) is 2.80. The molecular weight excluding hydrogens is 314 g/mol. The number of carboxylic acids is 1. The van der Waals surface area contributed by atoms with Gasteiger partial charge in [0.15, 0.2) is 0 Å². The third-order valence-corrected chi connectivity index (χ3v) is 3.63. The van der Waals surface area contributed by atoms with E-state index in [0.717, 1.165) is 16.6 Å². The van der Waals surface area contributed by atoms with E-state index >= 15 is 0 Å². The first-order valence-electron chi connectivity index (χ1n) is 6.66. The fraction of sp³-hybridized carbons (Fsp3) is 0. The number of aromatic nitrogens is 2.